The Morgan fingerprint density at radius 3 is 2.50 bits per heavy atom. The van der Waals surface area contributed by atoms with Crippen LogP contribution in [0.2, 0.25) is 0 Å². The molecule has 0 aromatic carbocycles. The number of carbonyl (C=O) groups excluding carboxylic acids is 2. The molecule has 0 saturated carbocycles. The molecule has 3 N–H and O–H groups in total. The number of amides is 2. The summed E-state index contributed by atoms with van der Waals surface area (Å²) >= 11 is 0. The molecular weight excluding hydrogens is 210 g/mol. The summed E-state index contributed by atoms with van der Waals surface area (Å²) in [5, 5.41) is 8.21. The number of ether oxygens (including phenoxy) is 1. The van der Waals surface area contributed by atoms with E-state index in [-0.39, 0.29) is 18.4 Å². The average molecular weight is 231 g/mol. The average Bonchev–Trinajstić information content (AvgIpc) is 2.25. The lowest BCUT2D eigenvalue weighted by Crippen LogP contribution is -2.37. The minimum absolute atomic E-state index is 0.0462. The van der Waals surface area contributed by atoms with Crippen LogP contribution < -0.4 is 16.0 Å². The highest BCUT2D eigenvalue weighted by molar-refractivity contribution is 5.80. The number of rotatable bonds is 9. The van der Waals surface area contributed by atoms with Gasteiger partial charge in [0.25, 0.3) is 0 Å². The third-order valence-corrected chi connectivity index (χ3v) is 1.82. The minimum Gasteiger partial charge on any atom is -0.383 e. The standard InChI is InChI=1S/C10H21N3O3/c1-3-12-9(14)4-5-13-10(15)8-11-6-7-16-2/h11H,3-8H2,1-2H3,(H,12,14)(H,13,15). The maximum atomic E-state index is 11.2. The first-order valence-corrected chi connectivity index (χ1v) is 5.43. The molecule has 0 bridgehead atoms. The number of methoxy groups -OCH3 is 1. The van der Waals surface area contributed by atoms with E-state index in [0.29, 0.717) is 32.7 Å². The van der Waals surface area contributed by atoms with Crippen molar-refractivity contribution in [3.05, 3.63) is 0 Å². The summed E-state index contributed by atoms with van der Waals surface area (Å²) < 4.78 is 4.82. The number of hydrogen-bond acceptors (Lipinski definition) is 4. The van der Waals surface area contributed by atoms with Crippen molar-refractivity contribution in [2.24, 2.45) is 0 Å². The summed E-state index contributed by atoms with van der Waals surface area (Å²) in [5.74, 6) is -0.157. The summed E-state index contributed by atoms with van der Waals surface area (Å²) in [4.78, 5) is 22.2. The smallest absolute Gasteiger partial charge is 0.233 e. The Hall–Kier alpha value is -1.14. The summed E-state index contributed by atoms with van der Waals surface area (Å²) in [5.41, 5.74) is 0. The van der Waals surface area contributed by atoms with Crippen LogP contribution in [0.3, 0.4) is 0 Å². The summed E-state index contributed by atoms with van der Waals surface area (Å²) in [6.45, 7) is 4.31. The van der Waals surface area contributed by atoms with Gasteiger partial charge in [0, 0.05) is 33.2 Å². The van der Waals surface area contributed by atoms with Gasteiger partial charge in [0.15, 0.2) is 0 Å². The molecule has 16 heavy (non-hydrogen) atoms. The second kappa shape index (κ2) is 10.4. The Balaban J connectivity index is 3.33. The van der Waals surface area contributed by atoms with Crippen molar-refractivity contribution in [2.75, 3.05) is 39.9 Å². The van der Waals surface area contributed by atoms with E-state index in [2.05, 4.69) is 16.0 Å². The van der Waals surface area contributed by atoms with E-state index in [1.165, 1.54) is 0 Å². The Morgan fingerprint density at radius 1 is 1.12 bits per heavy atom. The van der Waals surface area contributed by atoms with Crippen LogP contribution in [0, 0.1) is 0 Å². The minimum atomic E-state index is -0.111. The van der Waals surface area contributed by atoms with E-state index in [4.69, 9.17) is 4.74 Å². The van der Waals surface area contributed by atoms with Gasteiger partial charge < -0.3 is 20.7 Å². The molecule has 0 aliphatic heterocycles. The first kappa shape index (κ1) is 14.9. The maximum absolute atomic E-state index is 11.2. The van der Waals surface area contributed by atoms with Gasteiger partial charge in [-0.2, -0.15) is 0 Å². The lowest BCUT2D eigenvalue weighted by Gasteiger charge is -2.06. The molecule has 0 rings (SSSR count). The molecule has 6 nitrogen and oxygen atoms in total. The van der Waals surface area contributed by atoms with E-state index in [0.717, 1.165) is 0 Å². The van der Waals surface area contributed by atoms with Gasteiger partial charge in [-0.15, -0.1) is 0 Å². The van der Waals surface area contributed by atoms with Gasteiger partial charge in [-0.25, -0.2) is 0 Å². The molecule has 0 heterocycles. The fourth-order valence-electron chi connectivity index (χ4n) is 1.04. The molecule has 6 heteroatoms. The molecule has 0 aliphatic carbocycles. The molecule has 0 fully saturated rings. The first-order chi connectivity index (χ1) is 7.70. The zero-order chi connectivity index (χ0) is 12.2. The molecule has 0 aliphatic rings. The normalized spacial score (nSPS) is 9.88. The van der Waals surface area contributed by atoms with E-state index in [9.17, 15) is 9.59 Å². The first-order valence-electron chi connectivity index (χ1n) is 5.43. The zero-order valence-corrected chi connectivity index (χ0v) is 9.97. The van der Waals surface area contributed by atoms with E-state index < -0.39 is 0 Å². The molecule has 94 valence electrons. The van der Waals surface area contributed by atoms with E-state index in [1.54, 1.807) is 7.11 Å². The highest BCUT2D eigenvalue weighted by Gasteiger charge is 2.02. The van der Waals surface area contributed by atoms with Crippen LogP contribution >= 0.6 is 0 Å². The van der Waals surface area contributed by atoms with Gasteiger partial charge >= 0.3 is 0 Å². The van der Waals surface area contributed by atoms with E-state index >= 15 is 0 Å². The number of hydrogen-bond donors (Lipinski definition) is 3. The quantitative estimate of drug-likeness (QED) is 0.438. The summed E-state index contributed by atoms with van der Waals surface area (Å²) in [6.07, 6.45) is 0.317. The van der Waals surface area contributed by atoms with Crippen LogP contribution in [-0.2, 0) is 14.3 Å². The molecule has 0 aromatic heterocycles. The molecule has 0 radical (unpaired) electrons. The Kier molecular flexibility index (Phi) is 9.64. The fraction of sp³-hybridized carbons (Fsp3) is 0.800. The largest absolute Gasteiger partial charge is 0.383 e. The Morgan fingerprint density at radius 2 is 1.88 bits per heavy atom. The second-order valence-corrected chi connectivity index (χ2v) is 3.22. The van der Waals surface area contributed by atoms with Crippen molar-refractivity contribution >= 4 is 11.8 Å². The van der Waals surface area contributed by atoms with Crippen molar-refractivity contribution in [1.29, 1.82) is 0 Å². The van der Waals surface area contributed by atoms with Crippen molar-refractivity contribution in [3.63, 3.8) is 0 Å². The Labute approximate surface area is 96.1 Å². The second-order valence-electron chi connectivity index (χ2n) is 3.22. The maximum Gasteiger partial charge on any atom is 0.233 e. The fourth-order valence-corrected chi connectivity index (χ4v) is 1.04. The third kappa shape index (κ3) is 9.42. The van der Waals surface area contributed by atoms with Gasteiger partial charge in [0.1, 0.15) is 0 Å². The van der Waals surface area contributed by atoms with Crippen molar-refractivity contribution in [1.82, 2.24) is 16.0 Å². The molecule has 0 unspecified atom stereocenters. The van der Waals surface area contributed by atoms with Gasteiger partial charge in [-0.1, -0.05) is 0 Å². The van der Waals surface area contributed by atoms with Crippen LogP contribution in [0.4, 0.5) is 0 Å². The van der Waals surface area contributed by atoms with Crippen LogP contribution in [0.15, 0.2) is 0 Å². The lowest BCUT2D eigenvalue weighted by molar-refractivity contribution is -0.121. The molecule has 2 amide bonds. The summed E-state index contributed by atoms with van der Waals surface area (Å²) in [7, 11) is 1.61. The van der Waals surface area contributed by atoms with E-state index in [1.807, 2.05) is 6.92 Å². The Bertz CT molecular complexity index is 209. The highest BCUT2D eigenvalue weighted by atomic mass is 16.5. The van der Waals surface area contributed by atoms with Gasteiger partial charge in [-0.05, 0) is 6.92 Å². The molecular formula is C10H21N3O3. The van der Waals surface area contributed by atoms with Crippen molar-refractivity contribution < 1.29 is 14.3 Å². The molecule has 0 saturated heterocycles. The van der Waals surface area contributed by atoms with Crippen LogP contribution in [0.5, 0.6) is 0 Å². The predicted molar refractivity (Wildman–Crippen MR) is 61.1 cm³/mol. The lowest BCUT2D eigenvalue weighted by atomic mass is 10.4. The van der Waals surface area contributed by atoms with Gasteiger partial charge in [-0.3, -0.25) is 9.59 Å². The van der Waals surface area contributed by atoms with Crippen molar-refractivity contribution in [2.45, 2.75) is 13.3 Å². The van der Waals surface area contributed by atoms with Crippen molar-refractivity contribution in [3.8, 4) is 0 Å². The van der Waals surface area contributed by atoms with Crippen LogP contribution in [0.1, 0.15) is 13.3 Å². The molecule has 0 spiro atoms. The van der Waals surface area contributed by atoms with Gasteiger partial charge in [0.05, 0.1) is 13.2 Å². The van der Waals surface area contributed by atoms with Crippen LogP contribution in [-0.4, -0.2) is 51.7 Å². The summed E-state index contributed by atoms with van der Waals surface area (Å²) in [6, 6.07) is 0. The zero-order valence-electron chi connectivity index (χ0n) is 9.97. The molecule has 0 aromatic rings. The SMILES string of the molecule is CCNC(=O)CCNC(=O)CNCCOC. The molecule has 0 atom stereocenters. The number of carbonyl (C=O) groups is 2. The number of nitrogens with one attached hydrogen (secondary N) is 3. The topological polar surface area (TPSA) is 79.5 Å². The van der Waals surface area contributed by atoms with Crippen LogP contribution in [0.25, 0.3) is 0 Å². The monoisotopic (exact) mass is 231 g/mol. The highest BCUT2D eigenvalue weighted by Crippen LogP contribution is 1.77. The third-order valence-electron chi connectivity index (χ3n) is 1.82. The van der Waals surface area contributed by atoms with Gasteiger partial charge in [0.2, 0.25) is 11.8 Å². The predicted octanol–water partition coefficient (Wildman–Crippen LogP) is -1.14.